The van der Waals surface area contributed by atoms with Crippen LogP contribution in [0.3, 0.4) is 0 Å². The van der Waals surface area contributed by atoms with Gasteiger partial charge >= 0.3 is 11.9 Å². The van der Waals surface area contributed by atoms with Crippen molar-refractivity contribution < 1.29 is 23.1 Å². The van der Waals surface area contributed by atoms with E-state index in [0.717, 1.165) is 54.9 Å². The van der Waals surface area contributed by atoms with Crippen LogP contribution in [0, 0.1) is 11.3 Å². The Hall–Kier alpha value is -3.39. The van der Waals surface area contributed by atoms with Crippen LogP contribution in [-0.4, -0.2) is 53.4 Å². The highest BCUT2D eigenvalue weighted by molar-refractivity contribution is 5.68. The zero-order chi connectivity index (χ0) is 25.0. The predicted octanol–water partition coefficient (Wildman–Crippen LogP) is 2.29. The Balaban J connectivity index is 1.41. The fourth-order valence-corrected chi connectivity index (χ4v) is 3.92. The molecule has 0 bridgehead atoms. The van der Waals surface area contributed by atoms with Gasteiger partial charge in [0.05, 0.1) is 6.42 Å². The first-order valence-corrected chi connectivity index (χ1v) is 12.0. The lowest BCUT2D eigenvalue weighted by Gasteiger charge is -2.22. The molecule has 0 unspecified atom stereocenters. The van der Waals surface area contributed by atoms with Crippen molar-refractivity contribution in [2.75, 3.05) is 37.2 Å². The van der Waals surface area contributed by atoms with Gasteiger partial charge in [0.2, 0.25) is 6.43 Å². The molecule has 9 nitrogen and oxygen atoms in total. The lowest BCUT2D eigenvalue weighted by atomic mass is 10.1. The number of nitrogen functional groups attached to an aromatic ring is 1. The van der Waals surface area contributed by atoms with Gasteiger partial charge in [0.25, 0.3) is 0 Å². The topological polar surface area (TPSA) is 121 Å². The first-order chi connectivity index (χ1) is 16.9. The average molecular weight is 489 g/mol. The van der Waals surface area contributed by atoms with Gasteiger partial charge in [-0.1, -0.05) is 11.1 Å². The molecule has 0 radical (unpaired) electrons. The number of carbonyl (C=O) groups excluding carboxylic acids is 1. The van der Waals surface area contributed by atoms with Crippen molar-refractivity contribution in [2.45, 2.75) is 57.8 Å². The smallest absolute Gasteiger partial charge is 0.370 e. The second-order valence-electron chi connectivity index (χ2n) is 8.52. The lowest BCUT2D eigenvalue weighted by Crippen LogP contribution is -2.48. The number of carbonyl (C=O) groups is 1. The Morgan fingerprint density at radius 3 is 2.91 bits per heavy atom. The summed E-state index contributed by atoms with van der Waals surface area (Å²) in [5.74, 6) is 0.383. The van der Waals surface area contributed by atoms with Gasteiger partial charge in [0.1, 0.15) is 29.8 Å². The van der Waals surface area contributed by atoms with E-state index in [1.54, 1.807) is 0 Å². The standard InChI is InChI=1S/C24H31F2N7O2/c25-21(26)10-14-32(12-2-1-6-20-9-8-19-5-3-11-29-23(19)31-20)13-4-7-22(34)35-33-17-18(15-27)16-30-24(33)28/h8-9,16-17,21,28H,1-7,10-14H2,(H,29,31)/p+1. The first kappa shape index (κ1) is 26.2. The van der Waals surface area contributed by atoms with Crippen LogP contribution in [0.2, 0.25) is 0 Å². The van der Waals surface area contributed by atoms with Crippen LogP contribution in [0.4, 0.5) is 20.5 Å². The molecule has 35 heavy (non-hydrogen) atoms. The number of fused-ring (bicyclic) bond motifs is 1. The molecule has 0 saturated carbocycles. The number of rotatable bonds is 13. The normalized spacial score (nSPS) is 12.8. The third-order valence-corrected chi connectivity index (χ3v) is 5.78. The van der Waals surface area contributed by atoms with Crippen molar-refractivity contribution >= 4 is 17.7 Å². The minimum absolute atomic E-state index is 0.0555. The molecule has 0 spiro atoms. The van der Waals surface area contributed by atoms with Crippen molar-refractivity contribution in [1.82, 2.24) is 14.9 Å². The maximum Gasteiger partial charge on any atom is 0.426 e. The molecule has 3 N–H and O–H groups in total. The van der Waals surface area contributed by atoms with Crippen LogP contribution >= 0.6 is 0 Å². The summed E-state index contributed by atoms with van der Waals surface area (Å²) >= 11 is 0. The van der Waals surface area contributed by atoms with Crippen molar-refractivity contribution in [3.63, 3.8) is 0 Å². The number of hydrogen-bond acceptors (Lipinski definition) is 8. The van der Waals surface area contributed by atoms with E-state index in [1.165, 1.54) is 18.0 Å². The van der Waals surface area contributed by atoms with E-state index in [4.69, 9.17) is 20.8 Å². The third-order valence-electron chi connectivity index (χ3n) is 5.78. The molecule has 1 aliphatic heterocycles. The van der Waals surface area contributed by atoms with E-state index in [0.29, 0.717) is 19.5 Å². The van der Waals surface area contributed by atoms with Gasteiger partial charge in [0.15, 0.2) is 0 Å². The molecule has 2 aromatic rings. The molecule has 188 valence electrons. The van der Waals surface area contributed by atoms with E-state index in [-0.39, 0.29) is 30.9 Å². The van der Waals surface area contributed by atoms with Gasteiger partial charge in [-0.3, -0.25) is 10.6 Å². The first-order valence-electron chi connectivity index (χ1n) is 12.0. The molecular weight excluding hydrogens is 456 g/mol. The predicted molar refractivity (Wildman–Crippen MR) is 125 cm³/mol. The van der Waals surface area contributed by atoms with E-state index < -0.39 is 12.4 Å². The fraction of sp³-hybridized carbons (Fsp3) is 0.542. The summed E-state index contributed by atoms with van der Waals surface area (Å²) in [4.78, 5) is 27.8. The van der Waals surface area contributed by atoms with Gasteiger partial charge in [-0.15, -0.1) is 0 Å². The molecule has 0 atom stereocenters. The number of halogens is 2. The molecule has 3 heterocycles. The highest BCUT2D eigenvalue weighted by atomic mass is 19.3. The third kappa shape index (κ3) is 8.72. The van der Waals surface area contributed by atoms with Crippen LogP contribution in [0.5, 0.6) is 0 Å². The molecule has 3 rings (SSSR count). The number of nitrogens with two attached hydrogens (primary N) is 1. The Morgan fingerprint density at radius 1 is 1.29 bits per heavy atom. The van der Waals surface area contributed by atoms with Crippen molar-refractivity contribution in [2.24, 2.45) is 0 Å². The van der Waals surface area contributed by atoms with Gasteiger partial charge in [-0.2, -0.15) is 5.26 Å². The van der Waals surface area contributed by atoms with Gasteiger partial charge in [0, 0.05) is 25.2 Å². The summed E-state index contributed by atoms with van der Waals surface area (Å²) in [5, 5.41) is 12.3. The molecule has 0 aromatic carbocycles. The second kappa shape index (κ2) is 13.5. The quantitative estimate of drug-likeness (QED) is 0.325. The summed E-state index contributed by atoms with van der Waals surface area (Å²) in [5.41, 5.74) is 8.15. The summed E-state index contributed by atoms with van der Waals surface area (Å²) in [6.45, 7) is 2.38. The molecule has 2 aromatic heterocycles. The molecule has 0 saturated heterocycles. The number of anilines is 2. The Labute approximate surface area is 203 Å². The summed E-state index contributed by atoms with van der Waals surface area (Å²) in [7, 11) is 0. The summed E-state index contributed by atoms with van der Waals surface area (Å²) in [6, 6.07) is 6.10. The molecule has 0 fully saturated rings. The molecule has 0 aliphatic carbocycles. The summed E-state index contributed by atoms with van der Waals surface area (Å²) in [6.07, 6.45) is 5.27. The fourth-order valence-electron chi connectivity index (χ4n) is 3.92. The van der Waals surface area contributed by atoms with Crippen molar-refractivity contribution in [3.05, 3.63) is 41.3 Å². The largest absolute Gasteiger partial charge is 0.426 e. The van der Waals surface area contributed by atoms with Crippen LogP contribution < -0.4 is 20.6 Å². The zero-order valence-corrected chi connectivity index (χ0v) is 19.8. The number of nitriles is 1. The van der Waals surface area contributed by atoms with Crippen LogP contribution in [0.1, 0.15) is 55.3 Å². The molecule has 11 heteroatoms. The average Bonchev–Trinajstić information content (AvgIpc) is 2.85. The van der Waals surface area contributed by atoms with E-state index in [1.807, 2.05) is 11.0 Å². The minimum atomic E-state index is -2.37. The molecule has 1 aliphatic rings. The molecule has 0 amide bonds. The number of alkyl halides is 2. The number of aromatic nitrogens is 3. The second-order valence-corrected chi connectivity index (χ2v) is 8.52. The van der Waals surface area contributed by atoms with E-state index in [2.05, 4.69) is 22.4 Å². The number of aryl methyl sites for hydroxylation is 2. The number of hydrogen-bond donors (Lipinski definition) is 2. The number of nitrogens with zero attached hydrogens (tertiary/aromatic N) is 5. The maximum atomic E-state index is 12.8. The van der Waals surface area contributed by atoms with Gasteiger partial charge in [-0.25, -0.2) is 18.6 Å². The Bertz CT molecular complexity index is 1030. The monoisotopic (exact) mass is 488 g/mol. The number of nitrogens with one attached hydrogen (secondary N) is 1. The van der Waals surface area contributed by atoms with Gasteiger partial charge in [-0.05, 0) is 68.0 Å². The lowest BCUT2D eigenvalue weighted by molar-refractivity contribution is -0.859. The minimum Gasteiger partial charge on any atom is -0.370 e. The Kier molecular flexibility index (Phi) is 10.1. The van der Waals surface area contributed by atoms with E-state index in [9.17, 15) is 13.6 Å². The van der Waals surface area contributed by atoms with Gasteiger partial charge < -0.3 is 10.2 Å². The Morgan fingerprint density at radius 2 is 2.11 bits per heavy atom. The number of pyridine rings is 1. The highest BCUT2D eigenvalue weighted by Crippen LogP contribution is 2.20. The van der Waals surface area contributed by atoms with Crippen molar-refractivity contribution in [1.29, 1.82) is 5.26 Å². The maximum absolute atomic E-state index is 12.8. The van der Waals surface area contributed by atoms with E-state index >= 15 is 0 Å². The summed E-state index contributed by atoms with van der Waals surface area (Å²) < 4.78 is 26.5. The van der Waals surface area contributed by atoms with Crippen LogP contribution in [0.15, 0.2) is 24.5 Å². The molecular formula is C24H32F2N7O2+. The van der Waals surface area contributed by atoms with Crippen LogP contribution in [0.25, 0.3) is 0 Å². The zero-order valence-electron chi connectivity index (χ0n) is 19.8. The SMILES string of the molecule is N#Cc1cnc(N)[n+](OC(=O)CCCN(CCCCc2ccc3c(n2)NCCC3)CCC(F)F)c1. The van der Waals surface area contributed by atoms with Crippen molar-refractivity contribution in [3.8, 4) is 6.07 Å². The highest BCUT2D eigenvalue weighted by Gasteiger charge is 2.16. The number of unbranched alkanes of at least 4 members (excludes halogenated alkanes) is 1. The van der Waals surface area contributed by atoms with Crippen LogP contribution in [-0.2, 0) is 17.6 Å².